The first-order valence-corrected chi connectivity index (χ1v) is 7.50. The molecule has 1 N–H and O–H groups in total. The van der Waals surface area contributed by atoms with E-state index in [1.807, 2.05) is 6.07 Å². The van der Waals surface area contributed by atoms with Crippen molar-refractivity contribution in [1.82, 2.24) is 14.9 Å². The summed E-state index contributed by atoms with van der Waals surface area (Å²) in [4.78, 5) is 11.4. The van der Waals surface area contributed by atoms with Crippen LogP contribution in [0.15, 0.2) is 10.7 Å². The molecule has 0 atom stereocenters. The lowest BCUT2D eigenvalue weighted by atomic mass is 10.4. The maximum atomic E-state index is 4.58. The predicted octanol–water partition coefficient (Wildman–Crippen LogP) is 2.62. The van der Waals surface area contributed by atoms with Crippen LogP contribution >= 0.6 is 15.9 Å². The first kappa shape index (κ1) is 12.4. The van der Waals surface area contributed by atoms with Crippen LogP contribution in [0.2, 0.25) is 0 Å². The summed E-state index contributed by atoms with van der Waals surface area (Å²) in [5, 5.41) is 3.40. The zero-order chi connectivity index (χ0) is 12.5. The molecule has 1 aromatic rings. The molecule has 0 bridgehead atoms. The Bertz CT molecular complexity index is 429. The fourth-order valence-electron chi connectivity index (χ4n) is 2.11. The summed E-state index contributed by atoms with van der Waals surface area (Å²) < 4.78 is 0.887. The lowest BCUT2D eigenvalue weighted by molar-refractivity contribution is 0.337. The lowest BCUT2D eigenvalue weighted by Crippen LogP contribution is -2.27. The van der Waals surface area contributed by atoms with E-state index in [2.05, 4.69) is 43.2 Å². The van der Waals surface area contributed by atoms with E-state index in [-0.39, 0.29) is 0 Å². The van der Waals surface area contributed by atoms with Gasteiger partial charge in [-0.25, -0.2) is 9.97 Å². The van der Waals surface area contributed by atoms with Crippen molar-refractivity contribution in [2.45, 2.75) is 37.6 Å². The van der Waals surface area contributed by atoms with E-state index >= 15 is 0 Å². The smallest absolute Gasteiger partial charge is 0.135 e. The Morgan fingerprint density at radius 3 is 2.78 bits per heavy atom. The molecule has 5 heteroatoms. The minimum absolute atomic E-state index is 0.595. The molecule has 2 fully saturated rings. The van der Waals surface area contributed by atoms with Crippen molar-refractivity contribution in [1.29, 1.82) is 0 Å². The molecular weight excluding hydrogens is 292 g/mol. The fourth-order valence-corrected chi connectivity index (χ4v) is 2.51. The third kappa shape index (κ3) is 3.20. The molecule has 1 aromatic heterocycles. The summed E-state index contributed by atoms with van der Waals surface area (Å²) in [6.07, 6.45) is 5.20. The van der Waals surface area contributed by atoms with E-state index < -0.39 is 0 Å². The Hall–Kier alpha value is -0.680. The zero-order valence-electron chi connectivity index (χ0n) is 10.7. The number of nitrogens with zero attached hydrogens (tertiary/aromatic N) is 3. The second kappa shape index (κ2) is 5.13. The zero-order valence-corrected chi connectivity index (χ0v) is 12.3. The average molecular weight is 311 g/mol. The van der Waals surface area contributed by atoms with Crippen LogP contribution in [-0.4, -0.2) is 41.0 Å². The van der Waals surface area contributed by atoms with Crippen molar-refractivity contribution in [2.75, 3.05) is 25.5 Å². The van der Waals surface area contributed by atoms with Gasteiger partial charge in [-0.15, -0.1) is 0 Å². The molecule has 0 saturated heterocycles. The lowest BCUT2D eigenvalue weighted by Gasteiger charge is -2.16. The van der Waals surface area contributed by atoms with Gasteiger partial charge in [-0.1, -0.05) is 0 Å². The average Bonchev–Trinajstić information content (AvgIpc) is 3.17. The summed E-state index contributed by atoms with van der Waals surface area (Å²) in [6, 6.07) is 2.79. The van der Waals surface area contributed by atoms with Crippen molar-refractivity contribution in [3.63, 3.8) is 0 Å². The Balaban J connectivity index is 1.54. The monoisotopic (exact) mass is 310 g/mol. The first-order chi connectivity index (χ1) is 8.72. The summed E-state index contributed by atoms with van der Waals surface area (Å²) in [6.45, 7) is 2.02. The minimum Gasteiger partial charge on any atom is -0.369 e. The van der Waals surface area contributed by atoms with Gasteiger partial charge in [0.2, 0.25) is 0 Å². The number of likely N-dealkylation sites (N-methyl/N-ethyl adjacent to an activating group) is 1. The maximum absolute atomic E-state index is 4.58. The summed E-state index contributed by atoms with van der Waals surface area (Å²) in [7, 11) is 2.20. The summed E-state index contributed by atoms with van der Waals surface area (Å²) in [5.74, 6) is 2.53. The number of nitrogens with one attached hydrogen (secondary N) is 1. The molecule has 0 spiro atoms. The second-order valence-electron chi connectivity index (χ2n) is 5.35. The van der Waals surface area contributed by atoms with E-state index in [4.69, 9.17) is 0 Å². The molecule has 4 nitrogen and oxygen atoms in total. The Kier molecular flexibility index (Phi) is 3.52. The molecule has 3 rings (SSSR count). The highest BCUT2D eigenvalue weighted by atomic mass is 79.9. The predicted molar refractivity (Wildman–Crippen MR) is 75.8 cm³/mol. The van der Waals surface area contributed by atoms with Crippen LogP contribution in [0.25, 0.3) is 0 Å². The molecule has 0 aliphatic heterocycles. The standard InChI is InChI=1S/C13H19BrN4/c1-18(10-4-5-10)7-6-15-12-8-11(14)16-13(17-12)9-2-3-9/h8-10H,2-7H2,1H3,(H,15,16,17). The van der Waals surface area contributed by atoms with Crippen LogP contribution in [0.1, 0.15) is 37.4 Å². The van der Waals surface area contributed by atoms with Crippen molar-refractivity contribution in [3.8, 4) is 0 Å². The SMILES string of the molecule is CN(CCNc1cc(Br)nc(C2CC2)n1)C1CC1. The molecular formula is C13H19BrN4. The second-order valence-corrected chi connectivity index (χ2v) is 6.16. The highest BCUT2D eigenvalue weighted by molar-refractivity contribution is 9.10. The van der Waals surface area contributed by atoms with Gasteiger partial charge in [0.25, 0.3) is 0 Å². The molecule has 98 valence electrons. The van der Waals surface area contributed by atoms with E-state index in [1.165, 1.54) is 25.7 Å². The van der Waals surface area contributed by atoms with Crippen LogP contribution in [-0.2, 0) is 0 Å². The number of anilines is 1. The van der Waals surface area contributed by atoms with Gasteiger partial charge in [0.05, 0.1) is 0 Å². The Labute approximate surface area is 116 Å². The van der Waals surface area contributed by atoms with E-state index in [9.17, 15) is 0 Å². The van der Waals surface area contributed by atoms with Crippen LogP contribution in [0, 0.1) is 0 Å². The van der Waals surface area contributed by atoms with Gasteiger partial charge in [-0.05, 0) is 48.7 Å². The highest BCUT2D eigenvalue weighted by Gasteiger charge is 2.27. The van der Waals surface area contributed by atoms with Gasteiger partial charge in [0, 0.05) is 31.1 Å². The fraction of sp³-hybridized carbons (Fsp3) is 0.692. The van der Waals surface area contributed by atoms with Gasteiger partial charge in [0.1, 0.15) is 16.2 Å². The first-order valence-electron chi connectivity index (χ1n) is 6.71. The number of halogens is 1. The minimum atomic E-state index is 0.595. The summed E-state index contributed by atoms with van der Waals surface area (Å²) >= 11 is 3.46. The van der Waals surface area contributed by atoms with Crippen LogP contribution in [0.4, 0.5) is 5.82 Å². The number of hydrogen-bond donors (Lipinski definition) is 1. The maximum Gasteiger partial charge on any atom is 0.135 e. The van der Waals surface area contributed by atoms with Crippen LogP contribution < -0.4 is 5.32 Å². The number of rotatable bonds is 6. The van der Waals surface area contributed by atoms with Gasteiger partial charge in [-0.2, -0.15) is 0 Å². The van der Waals surface area contributed by atoms with Gasteiger partial charge in [0.15, 0.2) is 0 Å². The van der Waals surface area contributed by atoms with Crippen LogP contribution in [0.3, 0.4) is 0 Å². The van der Waals surface area contributed by atoms with E-state index in [1.54, 1.807) is 0 Å². The number of aromatic nitrogens is 2. The van der Waals surface area contributed by atoms with Gasteiger partial charge >= 0.3 is 0 Å². The third-order valence-corrected chi connectivity index (χ3v) is 4.00. The van der Waals surface area contributed by atoms with Gasteiger partial charge in [-0.3, -0.25) is 0 Å². The molecule has 2 aliphatic rings. The molecule has 0 radical (unpaired) electrons. The Morgan fingerprint density at radius 2 is 2.11 bits per heavy atom. The molecule has 2 aliphatic carbocycles. The van der Waals surface area contributed by atoms with Crippen molar-refractivity contribution in [3.05, 3.63) is 16.5 Å². The molecule has 0 amide bonds. The van der Waals surface area contributed by atoms with Crippen LogP contribution in [0.5, 0.6) is 0 Å². The van der Waals surface area contributed by atoms with Crippen molar-refractivity contribution in [2.24, 2.45) is 0 Å². The third-order valence-electron chi connectivity index (χ3n) is 3.60. The number of hydrogen-bond acceptors (Lipinski definition) is 4. The molecule has 0 unspecified atom stereocenters. The topological polar surface area (TPSA) is 41.0 Å². The van der Waals surface area contributed by atoms with E-state index in [0.29, 0.717) is 5.92 Å². The summed E-state index contributed by atoms with van der Waals surface area (Å²) in [5.41, 5.74) is 0. The van der Waals surface area contributed by atoms with Crippen molar-refractivity contribution >= 4 is 21.7 Å². The van der Waals surface area contributed by atoms with Gasteiger partial charge < -0.3 is 10.2 Å². The Morgan fingerprint density at radius 1 is 1.33 bits per heavy atom. The molecule has 18 heavy (non-hydrogen) atoms. The molecule has 2 saturated carbocycles. The highest BCUT2D eigenvalue weighted by Crippen LogP contribution is 2.38. The van der Waals surface area contributed by atoms with E-state index in [0.717, 1.165) is 35.4 Å². The normalized spacial score (nSPS) is 19.3. The largest absolute Gasteiger partial charge is 0.369 e. The van der Waals surface area contributed by atoms with Crippen molar-refractivity contribution < 1.29 is 0 Å². The molecule has 1 heterocycles. The molecule has 0 aromatic carbocycles. The quantitative estimate of drug-likeness (QED) is 0.820.